The van der Waals surface area contributed by atoms with Gasteiger partial charge >= 0.3 is 6.09 Å². The predicted octanol–water partition coefficient (Wildman–Crippen LogP) is 5.44. The highest BCUT2D eigenvalue weighted by Gasteiger charge is 2.39. The van der Waals surface area contributed by atoms with Crippen LogP contribution in [0.1, 0.15) is 98.4 Å². The molecule has 2 atom stereocenters. The van der Waals surface area contributed by atoms with Gasteiger partial charge in [0.15, 0.2) is 0 Å². The lowest BCUT2D eigenvalue weighted by Crippen LogP contribution is -2.56. The molecule has 1 aromatic carbocycles. The lowest BCUT2D eigenvalue weighted by Gasteiger charge is -2.38. The second kappa shape index (κ2) is 11.9. The molecule has 7 heteroatoms. The van der Waals surface area contributed by atoms with E-state index in [1.54, 1.807) is 25.7 Å². The first-order valence-corrected chi connectivity index (χ1v) is 12.5. The molecular weight excluding hydrogens is 442 g/mol. The van der Waals surface area contributed by atoms with Gasteiger partial charge in [0, 0.05) is 11.6 Å². The summed E-state index contributed by atoms with van der Waals surface area (Å²) in [5.74, 6) is -0.438. The van der Waals surface area contributed by atoms with E-state index >= 15 is 0 Å². The Balaban J connectivity index is 3.54. The molecule has 1 aromatic rings. The van der Waals surface area contributed by atoms with Gasteiger partial charge < -0.3 is 20.3 Å². The molecule has 0 saturated heterocycles. The van der Waals surface area contributed by atoms with E-state index < -0.39 is 29.3 Å². The Bertz CT molecular complexity index is 894. The number of hydrogen-bond acceptors (Lipinski definition) is 4. The van der Waals surface area contributed by atoms with Crippen molar-refractivity contribution in [3.8, 4) is 0 Å². The SMILES string of the molecule is Cc1ccc(C(C(=O)NC(C)(C)C)N(C(=O)C(CC(C)C)NC(=O)OC(C)(C)C)C(C)C)cc1C. The van der Waals surface area contributed by atoms with E-state index in [1.807, 2.05) is 80.5 Å². The molecule has 0 spiro atoms. The van der Waals surface area contributed by atoms with Crippen molar-refractivity contribution < 1.29 is 19.1 Å². The third kappa shape index (κ3) is 9.90. The van der Waals surface area contributed by atoms with Gasteiger partial charge in [-0.2, -0.15) is 0 Å². The molecule has 0 aliphatic heterocycles. The van der Waals surface area contributed by atoms with Gasteiger partial charge in [-0.3, -0.25) is 9.59 Å². The molecule has 198 valence electrons. The number of nitrogens with one attached hydrogen (secondary N) is 2. The molecule has 0 aliphatic carbocycles. The van der Waals surface area contributed by atoms with E-state index in [0.717, 1.165) is 16.7 Å². The van der Waals surface area contributed by atoms with Crippen LogP contribution in [-0.4, -0.2) is 46.0 Å². The molecule has 3 amide bonds. The third-order valence-electron chi connectivity index (χ3n) is 5.38. The molecule has 7 nitrogen and oxygen atoms in total. The maximum Gasteiger partial charge on any atom is 0.408 e. The lowest BCUT2D eigenvalue weighted by molar-refractivity contribution is -0.145. The van der Waals surface area contributed by atoms with Crippen molar-refractivity contribution in [3.05, 3.63) is 34.9 Å². The highest BCUT2D eigenvalue weighted by molar-refractivity contribution is 5.92. The van der Waals surface area contributed by atoms with Crippen molar-refractivity contribution in [3.63, 3.8) is 0 Å². The fraction of sp³-hybridized carbons (Fsp3) is 0.679. The topological polar surface area (TPSA) is 87.7 Å². The Morgan fingerprint density at radius 1 is 0.943 bits per heavy atom. The summed E-state index contributed by atoms with van der Waals surface area (Å²) in [6, 6.07) is 3.85. The maximum absolute atomic E-state index is 14.0. The number of amides is 3. The molecule has 0 saturated carbocycles. The Kier molecular flexibility index (Phi) is 10.4. The average Bonchev–Trinajstić information content (AvgIpc) is 2.63. The second-order valence-corrected chi connectivity index (χ2v) is 12.2. The van der Waals surface area contributed by atoms with Gasteiger partial charge in [-0.05, 0) is 98.3 Å². The number of nitrogens with zero attached hydrogens (tertiary/aromatic N) is 1. The van der Waals surface area contributed by atoms with Crippen LogP contribution in [0.4, 0.5) is 4.79 Å². The normalized spacial score (nSPS) is 13.9. The molecule has 0 radical (unpaired) electrons. The van der Waals surface area contributed by atoms with Crippen LogP contribution in [0.3, 0.4) is 0 Å². The van der Waals surface area contributed by atoms with Crippen LogP contribution < -0.4 is 10.6 Å². The van der Waals surface area contributed by atoms with Crippen LogP contribution in [0.2, 0.25) is 0 Å². The summed E-state index contributed by atoms with van der Waals surface area (Å²) in [5.41, 5.74) is 1.71. The van der Waals surface area contributed by atoms with Gasteiger partial charge in [0.25, 0.3) is 0 Å². The van der Waals surface area contributed by atoms with E-state index in [-0.39, 0.29) is 23.8 Å². The Morgan fingerprint density at radius 2 is 1.51 bits per heavy atom. The largest absolute Gasteiger partial charge is 0.444 e. The Labute approximate surface area is 212 Å². The first kappa shape index (κ1) is 30.5. The summed E-state index contributed by atoms with van der Waals surface area (Å²) >= 11 is 0. The van der Waals surface area contributed by atoms with Gasteiger partial charge in [-0.1, -0.05) is 32.0 Å². The number of hydrogen-bond donors (Lipinski definition) is 2. The van der Waals surface area contributed by atoms with E-state index in [0.29, 0.717) is 6.42 Å². The van der Waals surface area contributed by atoms with Crippen molar-refractivity contribution in [2.75, 3.05) is 0 Å². The summed E-state index contributed by atoms with van der Waals surface area (Å²) in [6.45, 7) is 22.8. The van der Waals surface area contributed by atoms with Crippen molar-refractivity contribution in [1.29, 1.82) is 0 Å². The molecule has 0 heterocycles. The van der Waals surface area contributed by atoms with Gasteiger partial charge in [0.2, 0.25) is 11.8 Å². The molecule has 2 N–H and O–H groups in total. The first-order valence-electron chi connectivity index (χ1n) is 12.5. The zero-order valence-corrected chi connectivity index (χ0v) is 23.8. The van der Waals surface area contributed by atoms with E-state index in [9.17, 15) is 14.4 Å². The molecule has 0 aliphatic rings. The predicted molar refractivity (Wildman–Crippen MR) is 141 cm³/mol. The van der Waals surface area contributed by atoms with Crippen LogP contribution in [0.25, 0.3) is 0 Å². The number of alkyl carbamates (subject to hydrolysis) is 1. The maximum atomic E-state index is 14.0. The molecule has 2 unspecified atom stereocenters. The Hall–Kier alpha value is -2.57. The minimum atomic E-state index is -0.851. The number of rotatable bonds is 8. The number of carbonyl (C=O) groups is 3. The smallest absolute Gasteiger partial charge is 0.408 e. The van der Waals surface area contributed by atoms with Crippen LogP contribution >= 0.6 is 0 Å². The number of aryl methyl sites for hydroxylation is 2. The van der Waals surface area contributed by atoms with Gasteiger partial charge in [0.1, 0.15) is 17.7 Å². The Morgan fingerprint density at radius 3 is 1.94 bits per heavy atom. The van der Waals surface area contributed by atoms with Gasteiger partial charge in [-0.25, -0.2) is 4.79 Å². The van der Waals surface area contributed by atoms with E-state index in [4.69, 9.17) is 4.74 Å². The van der Waals surface area contributed by atoms with Crippen LogP contribution in [0, 0.1) is 19.8 Å². The molecule has 35 heavy (non-hydrogen) atoms. The zero-order chi connectivity index (χ0) is 27.3. The summed E-state index contributed by atoms with van der Waals surface area (Å²) in [4.78, 5) is 41.9. The van der Waals surface area contributed by atoms with Crippen molar-refractivity contribution in [2.45, 2.75) is 119 Å². The number of ether oxygens (including phenoxy) is 1. The monoisotopic (exact) mass is 489 g/mol. The zero-order valence-electron chi connectivity index (χ0n) is 23.8. The highest BCUT2D eigenvalue weighted by atomic mass is 16.6. The van der Waals surface area contributed by atoms with Crippen LogP contribution in [-0.2, 0) is 14.3 Å². The summed E-state index contributed by atoms with van der Waals surface area (Å²) < 4.78 is 5.43. The van der Waals surface area contributed by atoms with Crippen molar-refractivity contribution >= 4 is 17.9 Å². The number of benzene rings is 1. The van der Waals surface area contributed by atoms with Crippen LogP contribution in [0.5, 0.6) is 0 Å². The average molecular weight is 490 g/mol. The summed E-state index contributed by atoms with van der Waals surface area (Å²) in [5, 5.41) is 5.82. The lowest BCUT2D eigenvalue weighted by atomic mass is 9.95. The molecule has 1 rings (SSSR count). The van der Waals surface area contributed by atoms with Crippen molar-refractivity contribution in [1.82, 2.24) is 15.5 Å². The second-order valence-electron chi connectivity index (χ2n) is 12.2. The molecule has 0 bridgehead atoms. The first-order chi connectivity index (χ1) is 15.8. The molecular formula is C28H47N3O4. The highest BCUT2D eigenvalue weighted by Crippen LogP contribution is 2.28. The quantitative estimate of drug-likeness (QED) is 0.509. The third-order valence-corrected chi connectivity index (χ3v) is 5.38. The van der Waals surface area contributed by atoms with Crippen LogP contribution in [0.15, 0.2) is 18.2 Å². The standard InChI is InChI=1S/C28H47N3O4/c1-17(2)15-22(29-26(34)35-28(10,11)12)25(33)31(18(3)4)23(24(32)30-27(7,8)9)21-14-13-19(5)20(6)16-21/h13-14,16-18,22-23H,15H2,1-12H3,(H,29,34)(H,30,32). The summed E-state index contributed by atoms with van der Waals surface area (Å²) in [6.07, 6.45) is -0.232. The minimum Gasteiger partial charge on any atom is -0.444 e. The number of carbonyl (C=O) groups excluding carboxylic acids is 3. The summed E-state index contributed by atoms with van der Waals surface area (Å²) in [7, 11) is 0. The molecule has 0 fully saturated rings. The molecule has 0 aromatic heterocycles. The van der Waals surface area contributed by atoms with Gasteiger partial charge in [-0.15, -0.1) is 0 Å². The van der Waals surface area contributed by atoms with E-state index in [1.165, 1.54) is 0 Å². The van der Waals surface area contributed by atoms with Crippen molar-refractivity contribution in [2.24, 2.45) is 5.92 Å². The minimum absolute atomic E-state index is 0.136. The van der Waals surface area contributed by atoms with E-state index in [2.05, 4.69) is 10.6 Å². The fourth-order valence-electron chi connectivity index (χ4n) is 3.81. The fourth-order valence-corrected chi connectivity index (χ4v) is 3.81. The van der Waals surface area contributed by atoms with Gasteiger partial charge in [0.05, 0.1) is 0 Å².